The van der Waals surface area contributed by atoms with E-state index in [1.165, 1.54) is 5.56 Å². The van der Waals surface area contributed by atoms with E-state index in [9.17, 15) is 4.79 Å². The second kappa shape index (κ2) is 7.57. The van der Waals surface area contributed by atoms with Gasteiger partial charge in [-0.25, -0.2) is 0 Å². The number of likely N-dealkylation sites (N-methyl/N-ethyl adjacent to an activating group) is 2. The van der Waals surface area contributed by atoms with Crippen molar-refractivity contribution in [2.45, 2.75) is 25.9 Å². The van der Waals surface area contributed by atoms with Gasteiger partial charge in [0.25, 0.3) is 0 Å². The number of carbonyl (C=O) groups excluding carboxylic acids is 1. The average molecular weight is 289 g/mol. The van der Waals surface area contributed by atoms with E-state index in [1.807, 2.05) is 19.0 Å². The first-order valence-electron chi connectivity index (χ1n) is 7.78. The molecule has 0 bridgehead atoms. The highest BCUT2D eigenvalue weighted by molar-refractivity contribution is 5.78. The van der Waals surface area contributed by atoms with Gasteiger partial charge in [0.15, 0.2) is 0 Å². The molecule has 1 fully saturated rings. The third-order valence-electron chi connectivity index (χ3n) is 4.41. The SMILES string of the molecule is CNCC(=O)N(C)[C@H]1CCN(Cc2ccccc2)C[C@H]1C. The van der Waals surface area contributed by atoms with Crippen molar-refractivity contribution in [3.05, 3.63) is 35.9 Å². The highest BCUT2D eigenvalue weighted by atomic mass is 16.2. The monoisotopic (exact) mass is 289 g/mol. The van der Waals surface area contributed by atoms with Crippen molar-refractivity contribution in [2.24, 2.45) is 5.92 Å². The molecule has 116 valence electrons. The number of hydrogen-bond donors (Lipinski definition) is 1. The van der Waals surface area contributed by atoms with Crippen LogP contribution in [0.2, 0.25) is 0 Å². The molecule has 1 aliphatic rings. The van der Waals surface area contributed by atoms with Crippen LogP contribution in [0.15, 0.2) is 30.3 Å². The van der Waals surface area contributed by atoms with Gasteiger partial charge in [0.2, 0.25) is 5.91 Å². The molecule has 0 unspecified atom stereocenters. The Bertz CT molecular complexity index is 449. The number of likely N-dealkylation sites (tertiary alicyclic amines) is 1. The van der Waals surface area contributed by atoms with E-state index in [2.05, 4.69) is 47.5 Å². The smallest absolute Gasteiger partial charge is 0.236 e. The summed E-state index contributed by atoms with van der Waals surface area (Å²) in [5.74, 6) is 0.694. The molecule has 2 atom stereocenters. The van der Waals surface area contributed by atoms with Gasteiger partial charge >= 0.3 is 0 Å². The normalized spacial score (nSPS) is 23.0. The first-order chi connectivity index (χ1) is 10.1. The number of benzene rings is 1. The van der Waals surface area contributed by atoms with Crippen molar-refractivity contribution < 1.29 is 4.79 Å². The summed E-state index contributed by atoms with van der Waals surface area (Å²) < 4.78 is 0. The largest absolute Gasteiger partial charge is 0.341 e. The molecule has 1 N–H and O–H groups in total. The Hall–Kier alpha value is -1.39. The summed E-state index contributed by atoms with van der Waals surface area (Å²) in [4.78, 5) is 16.4. The molecule has 1 aliphatic heterocycles. The molecule has 1 heterocycles. The lowest BCUT2D eigenvalue weighted by Gasteiger charge is -2.41. The van der Waals surface area contributed by atoms with Crippen molar-refractivity contribution in [3.8, 4) is 0 Å². The van der Waals surface area contributed by atoms with Crippen LogP contribution < -0.4 is 5.32 Å². The van der Waals surface area contributed by atoms with Gasteiger partial charge in [-0.1, -0.05) is 37.3 Å². The topological polar surface area (TPSA) is 35.6 Å². The van der Waals surface area contributed by atoms with Gasteiger partial charge in [0, 0.05) is 32.7 Å². The summed E-state index contributed by atoms with van der Waals surface area (Å²) in [7, 11) is 3.76. The number of nitrogens with zero attached hydrogens (tertiary/aromatic N) is 2. The van der Waals surface area contributed by atoms with Crippen LogP contribution >= 0.6 is 0 Å². The molecule has 0 spiro atoms. The predicted molar refractivity (Wildman–Crippen MR) is 86.0 cm³/mol. The molecule has 1 aromatic rings. The molecule has 0 radical (unpaired) electrons. The average Bonchev–Trinajstić information content (AvgIpc) is 2.48. The fraction of sp³-hybridized carbons (Fsp3) is 0.588. The minimum absolute atomic E-state index is 0.186. The standard InChI is InChI=1S/C17H27N3O/c1-14-12-20(13-15-7-5-4-6-8-15)10-9-16(14)19(3)17(21)11-18-2/h4-8,14,16,18H,9-13H2,1-3H3/t14-,16+/m1/s1. The van der Waals surface area contributed by atoms with E-state index in [4.69, 9.17) is 0 Å². The van der Waals surface area contributed by atoms with Gasteiger partial charge < -0.3 is 10.2 Å². The molecular weight excluding hydrogens is 262 g/mol. The van der Waals surface area contributed by atoms with Crippen LogP contribution in [0, 0.1) is 5.92 Å². The lowest BCUT2D eigenvalue weighted by molar-refractivity contribution is -0.133. The zero-order valence-corrected chi connectivity index (χ0v) is 13.4. The number of hydrogen-bond acceptors (Lipinski definition) is 3. The van der Waals surface area contributed by atoms with Crippen LogP contribution in [0.1, 0.15) is 18.9 Å². The second-order valence-corrected chi connectivity index (χ2v) is 6.09. The predicted octanol–water partition coefficient (Wildman–Crippen LogP) is 1.57. The van der Waals surface area contributed by atoms with Crippen molar-refractivity contribution in [1.29, 1.82) is 0 Å². The van der Waals surface area contributed by atoms with E-state index in [-0.39, 0.29) is 5.91 Å². The van der Waals surface area contributed by atoms with Crippen LogP contribution in [0.5, 0.6) is 0 Å². The summed E-state index contributed by atoms with van der Waals surface area (Å²) >= 11 is 0. The molecule has 21 heavy (non-hydrogen) atoms. The first kappa shape index (κ1) is 16.0. The van der Waals surface area contributed by atoms with Crippen LogP contribution in [0.3, 0.4) is 0 Å². The van der Waals surface area contributed by atoms with Gasteiger partial charge in [-0.3, -0.25) is 9.69 Å². The molecular formula is C17H27N3O. The fourth-order valence-electron chi connectivity index (χ4n) is 3.24. The summed E-state index contributed by atoms with van der Waals surface area (Å²) in [6, 6.07) is 11.0. The molecule has 2 rings (SSSR count). The molecule has 4 nitrogen and oxygen atoms in total. The summed E-state index contributed by atoms with van der Waals surface area (Å²) in [5, 5.41) is 2.94. The summed E-state index contributed by atoms with van der Waals surface area (Å²) in [6.45, 7) is 5.79. The third-order valence-corrected chi connectivity index (χ3v) is 4.41. The van der Waals surface area contributed by atoms with E-state index < -0.39 is 0 Å². The zero-order chi connectivity index (χ0) is 15.2. The molecule has 1 amide bonds. The molecule has 1 saturated heterocycles. The molecule has 4 heteroatoms. The molecule has 0 aromatic heterocycles. The maximum absolute atomic E-state index is 12.0. The van der Waals surface area contributed by atoms with E-state index in [0.717, 1.165) is 26.1 Å². The lowest BCUT2D eigenvalue weighted by Crippen LogP contribution is -2.51. The second-order valence-electron chi connectivity index (χ2n) is 6.09. The summed E-state index contributed by atoms with van der Waals surface area (Å²) in [6.07, 6.45) is 1.06. The third kappa shape index (κ3) is 4.29. The Morgan fingerprint density at radius 2 is 2.10 bits per heavy atom. The fourth-order valence-corrected chi connectivity index (χ4v) is 3.24. The van der Waals surface area contributed by atoms with Gasteiger partial charge in [-0.2, -0.15) is 0 Å². The van der Waals surface area contributed by atoms with Crippen molar-refractivity contribution in [1.82, 2.24) is 15.1 Å². The number of nitrogens with one attached hydrogen (secondary N) is 1. The van der Waals surface area contributed by atoms with E-state index in [0.29, 0.717) is 18.5 Å². The van der Waals surface area contributed by atoms with Crippen molar-refractivity contribution in [2.75, 3.05) is 33.7 Å². The van der Waals surface area contributed by atoms with Gasteiger partial charge in [0.05, 0.1) is 6.54 Å². The Balaban J connectivity index is 1.88. The Labute approximate surface area is 128 Å². The van der Waals surface area contributed by atoms with E-state index in [1.54, 1.807) is 0 Å². The lowest BCUT2D eigenvalue weighted by atomic mass is 9.92. The molecule has 0 saturated carbocycles. The van der Waals surface area contributed by atoms with Crippen molar-refractivity contribution in [3.63, 3.8) is 0 Å². The Morgan fingerprint density at radius 1 is 1.38 bits per heavy atom. The number of carbonyl (C=O) groups is 1. The van der Waals surface area contributed by atoms with Crippen LogP contribution in [0.4, 0.5) is 0 Å². The maximum atomic E-state index is 12.0. The van der Waals surface area contributed by atoms with Crippen LogP contribution in [-0.2, 0) is 11.3 Å². The zero-order valence-electron chi connectivity index (χ0n) is 13.4. The molecule has 1 aromatic carbocycles. The number of amides is 1. The van der Waals surface area contributed by atoms with Crippen LogP contribution in [0.25, 0.3) is 0 Å². The maximum Gasteiger partial charge on any atom is 0.236 e. The van der Waals surface area contributed by atoms with Gasteiger partial charge in [0.1, 0.15) is 0 Å². The molecule has 0 aliphatic carbocycles. The van der Waals surface area contributed by atoms with E-state index >= 15 is 0 Å². The first-order valence-corrected chi connectivity index (χ1v) is 7.78. The van der Waals surface area contributed by atoms with Gasteiger partial charge in [-0.05, 0) is 24.9 Å². The van der Waals surface area contributed by atoms with Crippen molar-refractivity contribution >= 4 is 5.91 Å². The highest BCUT2D eigenvalue weighted by Gasteiger charge is 2.30. The Morgan fingerprint density at radius 3 is 2.71 bits per heavy atom. The Kier molecular flexibility index (Phi) is 5.76. The minimum atomic E-state index is 0.186. The quantitative estimate of drug-likeness (QED) is 0.894. The van der Waals surface area contributed by atoms with Crippen LogP contribution in [-0.4, -0.2) is 55.5 Å². The number of piperidine rings is 1. The highest BCUT2D eigenvalue weighted by Crippen LogP contribution is 2.22. The minimum Gasteiger partial charge on any atom is -0.341 e. The van der Waals surface area contributed by atoms with Gasteiger partial charge in [-0.15, -0.1) is 0 Å². The summed E-state index contributed by atoms with van der Waals surface area (Å²) in [5.41, 5.74) is 1.36. The number of rotatable bonds is 5.